The number of nitrogens with one attached hydrogen (secondary N) is 1. The number of nitrogens with zero attached hydrogens (tertiary/aromatic N) is 3. The van der Waals surface area contributed by atoms with E-state index in [0.29, 0.717) is 34.9 Å². The number of aromatic nitrogens is 2. The van der Waals surface area contributed by atoms with Crippen LogP contribution in [-0.4, -0.2) is 33.3 Å². The summed E-state index contributed by atoms with van der Waals surface area (Å²) in [6.45, 7) is 9.63. The maximum Gasteiger partial charge on any atom is 0.258 e. The Morgan fingerprint density at radius 3 is 2.48 bits per heavy atom. The molecule has 0 fully saturated rings. The number of benzene rings is 2. The second kappa shape index (κ2) is 9.70. The molecule has 1 aromatic heterocycles. The third-order valence-electron chi connectivity index (χ3n) is 5.43. The first-order chi connectivity index (χ1) is 15.9. The van der Waals surface area contributed by atoms with Crippen molar-refractivity contribution in [1.82, 2.24) is 20.4 Å². The SMILES string of the molecule is CCOc1ccc(C2NC(=S)N(CC(C)C)C(C)=C2c2nc(-c3ccc(F)cc3)no2)cc1. The fraction of sp³-hybridized carbons (Fsp3) is 0.320. The highest BCUT2D eigenvalue weighted by atomic mass is 32.1. The van der Waals surface area contributed by atoms with Gasteiger partial charge in [0.1, 0.15) is 11.6 Å². The van der Waals surface area contributed by atoms with Crippen LogP contribution in [-0.2, 0) is 0 Å². The third-order valence-corrected chi connectivity index (χ3v) is 5.77. The van der Waals surface area contributed by atoms with Crippen LogP contribution in [0.15, 0.2) is 58.8 Å². The molecule has 1 atom stereocenters. The molecule has 6 nitrogen and oxygen atoms in total. The first kappa shape index (κ1) is 22.9. The molecule has 0 radical (unpaired) electrons. The molecule has 0 aliphatic carbocycles. The molecular formula is C25H27FN4O2S. The summed E-state index contributed by atoms with van der Waals surface area (Å²) in [4.78, 5) is 6.72. The molecule has 172 valence electrons. The van der Waals surface area contributed by atoms with Crippen LogP contribution in [0.1, 0.15) is 45.2 Å². The van der Waals surface area contributed by atoms with Crippen LogP contribution in [0.4, 0.5) is 4.39 Å². The predicted octanol–water partition coefficient (Wildman–Crippen LogP) is 5.59. The third kappa shape index (κ3) is 4.90. The standard InChI is InChI=1S/C25H27FN4O2S/c1-5-31-20-12-8-17(9-13-20)22-21(16(4)30(14-15(2)3)25(33)27-22)24-28-23(29-32-24)18-6-10-19(26)11-7-18/h6-13,15,22H,5,14H2,1-4H3,(H,27,33). The molecule has 2 heterocycles. The van der Waals surface area contributed by atoms with Crippen molar-refractivity contribution in [3.8, 4) is 17.1 Å². The topological polar surface area (TPSA) is 63.4 Å². The van der Waals surface area contributed by atoms with Crippen molar-refractivity contribution in [3.05, 3.63) is 71.5 Å². The average Bonchev–Trinajstić information content (AvgIpc) is 3.27. The van der Waals surface area contributed by atoms with E-state index >= 15 is 0 Å². The van der Waals surface area contributed by atoms with Gasteiger partial charge in [-0.3, -0.25) is 0 Å². The zero-order chi connectivity index (χ0) is 23.5. The van der Waals surface area contributed by atoms with Gasteiger partial charge in [0.25, 0.3) is 5.89 Å². The average molecular weight is 467 g/mol. The molecule has 1 aliphatic rings. The molecule has 1 aliphatic heterocycles. The Bertz CT molecular complexity index is 1160. The first-order valence-corrected chi connectivity index (χ1v) is 11.4. The predicted molar refractivity (Wildman–Crippen MR) is 130 cm³/mol. The fourth-order valence-electron chi connectivity index (χ4n) is 3.87. The minimum absolute atomic E-state index is 0.266. The Labute approximate surface area is 198 Å². The summed E-state index contributed by atoms with van der Waals surface area (Å²) < 4.78 is 24.6. The van der Waals surface area contributed by atoms with E-state index in [0.717, 1.165) is 29.1 Å². The highest BCUT2D eigenvalue weighted by Gasteiger charge is 2.34. The summed E-state index contributed by atoms with van der Waals surface area (Å²) in [5, 5.41) is 8.27. The maximum absolute atomic E-state index is 13.3. The summed E-state index contributed by atoms with van der Waals surface area (Å²) >= 11 is 5.72. The van der Waals surface area contributed by atoms with Gasteiger partial charge in [0.15, 0.2) is 5.11 Å². The lowest BCUT2D eigenvalue weighted by Gasteiger charge is -2.38. The van der Waals surface area contributed by atoms with Crippen molar-refractivity contribution in [3.63, 3.8) is 0 Å². The molecule has 0 amide bonds. The van der Waals surface area contributed by atoms with Crippen LogP contribution in [0.2, 0.25) is 0 Å². The van der Waals surface area contributed by atoms with E-state index in [2.05, 4.69) is 34.2 Å². The fourth-order valence-corrected chi connectivity index (χ4v) is 4.19. The summed E-state index contributed by atoms with van der Waals surface area (Å²) in [5.41, 5.74) is 3.50. The number of thiocarbonyl (C=S) groups is 1. The highest BCUT2D eigenvalue weighted by molar-refractivity contribution is 7.80. The Morgan fingerprint density at radius 1 is 1.15 bits per heavy atom. The highest BCUT2D eigenvalue weighted by Crippen LogP contribution is 2.38. The summed E-state index contributed by atoms with van der Waals surface area (Å²) in [5.74, 6) is 1.69. The Morgan fingerprint density at radius 2 is 1.85 bits per heavy atom. The molecule has 1 unspecified atom stereocenters. The lowest BCUT2D eigenvalue weighted by Crippen LogP contribution is -2.47. The van der Waals surface area contributed by atoms with Crippen molar-refractivity contribution in [2.24, 2.45) is 5.92 Å². The van der Waals surface area contributed by atoms with E-state index in [1.807, 2.05) is 38.1 Å². The molecule has 8 heteroatoms. The zero-order valence-corrected chi connectivity index (χ0v) is 19.9. The van der Waals surface area contributed by atoms with Crippen LogP contribution < -0.4 is 10.1 Å². The summed E-state index contributed by atoms with van der Waals surface area (Å²) in [6, 6.07) is 13.7. The largest absolute Gasteiger partial charge is 0.494 e. The van der Waals surface area contributed by atoms with Gasteiger partial charge in [0.2, 0.25) is 5.82 Å². The quantitative estimate of drug-likeness (QED) is 0.455. The van der Waals surface area contributed by atoms with Crippen molar-refractivity contribution in [2.75, 3.05) is 13.2 Å². The molecule has 0 saturated heterocycles. The van der Waals surface area contributed by atoms with Gasteiger partial charge in [-0.25, -0.2) is 4.39 Å². The van der Waals surface area contributed by atoms with E-state index < -0.39 is 0 Å². The van der Waals surface area contributed by atoms with E-state index in [9.17, 15) is 4.39 Å². The Kier molecular flexibility index (Phi) is 6.74. The number of hydrogen-bond donors (Lipinski definition) is 1. The first-order valence-electron chi connectivity index (χ1n) is 11.0. The van der Waals surface area contributed by atoms with Crippen LogP contribution >= 0.6 is 12.2 Å². The molecule has 0 spiro atoms. The van der Waals surface area contributed by atoms with Crippen molar-refractivity contribution in [1.29, 1.82) is 0 Å². The van der Waals surface area contributed by atoms with E-state index in [1.54, 1.807) is 12.1 Å². The maximum atomic E-state index is 13.3. The van der Waals surface area contributed by atoms with E-state index in [-0.39, 0.29) is 11.9 Å². The van der Waals surface area contributed by atoms with Gasteiger partial charge in [0.05, 0.1) is 18.2 Å². The normalized spacial score (nSPS) is 16.4. The molecule has 1 N–H and O–H groups in total. The molecular weight excluding hydrogens is 439 g/mol. The summed E-state index contributed by atoms with van der Waals surface area (Å²) in [6.07, 6.45) is 0. The van der Waals surface area contributed by atoms with Crippen molar-refractivity contribution >= 4 is 22.9 Å². The molecule has 33 heavy (non-hydrogen) atoms. The molecule has 3 aromatic rings. The van der Waals surface area contributed by atoms with Gasteiger partial charge in [0, 0.05) is 17.8 Å². The van der Waals surface area contributed by atoms with Crippen LogP contribution in [0.5, 0.6) is 5.75 Å². The van der Waals surface area contributed by atoms with Gasteiger partial charge in [-0.05, 0) is 73.9 Å². The van der Waals surface area contributed by atoms with Gasteiger partial charge < -0.3 is 19.5 Å². The number of hydrogen-bond acceptors (Lipinski definition) is 5. The second-order valence-corrected chi connectivity index (χ2v) is 8.70. The lowest BCUT2D eigenvalue weighted by molar-refractivity contribution is 0.340. The van der Waals surface area contributed by atoms with Crippen molar-refractivity contribution < 1.29 is 13.7 Å². The van der Waals surface area contributed by atoms with Crippen LogP contribution in [0.3, 0.4) is 0 Å². The lowest BCUT2D eigenvalue weighted by atomic mass is 9.94. The van der Waals surface area contributed by atoms with E-state index in [1.165, 1.54) is 12.1 Å². The number of rotatable bonds is 7. The molecule has 0 saturated carbocycles. The molecule has 0 bridgehead atoms. The molecule has 2 aromatic carbocycles. The van der Waals surface area contributed by atoms with Crippen LogP contribution in [0.25, 0.3) is 17.0 Å². The second-order valence-electron chi connectivity index (χ2n) is 8.32. The van der Waals surface area contributed by atoms with Crippen molar-refractivity contribution in [2.45, 2.75) is 33.7 Å². The zero-order valence-electron chi connectivity index (χ0n) is 19.1. The smallest absolute Gasteiger partial charge is 0.258 e. The number of allylic oxidation sites excluding steroid dienone is 1. The van der Waals surface area contributed by atoms with Gasteiger partial charge in [-0.15, -0.1) is 0 Å². The number of halogens is 1. The minimum atomic E-state index is -0.314. The van der Waals surface area contributed by atoms with Crippen LogP contribution in [0, 0.1) is 11.7 Å². The van der Waals surface area contributed by atoms with Gasteiger partial charge in [-0.1, -0.05) is 31.1 Å². The van der Waals surface area contributed by atoms with Gasteiger partial charge in [-0.2, -0.15) is 4.98 Å². The monoisotopic (exact) mass is 466 g/mol. The molecule has 4 rings (SSSR count). The van der Waals surface area contributed by atoms with E-state index in [4.69, 9.17) is 21.5 Å². The summed E-state index contributed by atoms with van der Waals surface area (Å²) in [7, 11) is 0. The Balaban J connectivity index is 1.77. The Hall–Kier alpha value is -3.26. The number of ether oxygens (including phenoxy) is 1. The van der Waals surface area contributed by atoms with Gasteiger partial charge >= 0.3 is 0 Å². The minimum Gasteiger partial charge on any atom is -0.494 e.